The van der Waals surface area contributed by atoms with Crippen molar-refractivity contribution in [3.05, 3.63) is 79.9 Å². The number of aliphatic carboxylic acids is 1. The number of hydrogen-bond acceptors (Lipinski definition) is 6. The smallest absolute Gasteiger partial charge is 0.326 e. The number of nitro groups is 1. The number of nitrogens with one attached hydrogen (secondary N) is 2. The van der Waals surface area contributed by atoms with Crippen LogP contribution >= 0.6 is 27.7 Å². The van der Waals surface area contributed by atoms with Crippen molar-refractivity contribution >= 4 is 57.2 Å². The molecule has 9 nitrogen and oxygen atoms in total. The Morgan fingerprint density at radius 3 is 2.31 bits per heavy atom. The summed E-state index contributed by atoms with van der Waals surface area (Å²) >= 11 is 4.72. The molecule has 0 spiro atoms. The maximum absolute atomic E-state index is 12.8. The van der Waals surface area contributed by atoms with E-state index >= 15 is 0 Å². The molecule has 0 radical (unpaired) electrons. The number of carboxylic acids is 1. The fourth-order valence-corrected chi connectivity index (χ4v) is 3.28. The van der Waals surface area contributed by atoms with Crippen molar-refractivity contribution in [3.63, 3.8) is 0 Å². The quantitative estimate of drug-likeness (QED) is 0.247. The summed E-state index contributed by atoms with van der Waals surface area (Å²) in [6.07, 6.45) is 3.34. The van der Waals surface area contributed by atoms with Crippen LogP contribution in [0, 0.1) is 10.1 Å². The molecule has 1 atom stereocenters. The van der Waals surface area contributed by atoms with Gasteiger partial charge in [-0.1, -0.05) is 15.9 Å². The van der Waals surface area contributed by atoms with Crippen LogP contribution in [0.25, 0.3) is 6.08 Å². The Morgan fingerprint density at radius 1 is 1.16 bits per heavy atom. The van der Waals surface area contributed by atoms with Gasteiger partial charge in [0.1, 0.15) is 11.7 Å². The second kappa shape index (κ2) is 12.0. The van der Waals surface area contributed by atoms with E-state index in [1.165, 1.54) is 42.1 Å². The van der Waals surface area contributed by atoms with Crippen LogP contribution < -0.4 is 10.6 Å². The van der Waals surface area contributed by atoms with E-state index in [1.807, 2.05) is 6.26 Å². The minimum atomic E-state index is -1.19. The van der Waals surface area contributed by atoms with Gasteiger partial charge in [-0.05, 0) is 66.5 Å². The number of carbonyl (C=O) groups is 3. The summed E-state index contributed by atoms with van der Waals surface area (Å²) in [4.78, 5) is 47.3. The minimum absolute atomic E-state index is 0.130. The molecule has 11 heteroatoms. The van der Waals surface area contributed by atoms with E-state index in [4.69, 9.17) is 0 Å². The van der Waals surface area contributed by atoms with Gasteiger partial charge >= 0.3 is 5.97 Å². The molecule has 168 valence electrons. The molecule has 0 unspecified atom stereocenters. The first-order valence-corrected chi connectivity index (χ1v) is 11.5. The van der Waals surface area contributed by atoms with Crippen molar-refractivity contribution in [2.24, 2.45) is 0 Å². The number of nitro benzene ring substituents is 1. The Bertz CT molecular complexity index is 1020. The number of non-ortho nitro benzene ring substituents is 1. The first-order chi connectivity index (χ1) is 15.2. The summed E-state index contributed by atoms with van der Waals surface area (Å²) in [7, 11) is 0. The lowest BCUT2D eigenvalue weighted by Gasteiger charge is -2.16. The molecule has 0 aliphatic rings. The highest BCUT2D eigenvalue weighted by Crippen LogP contribution is 2.15. The summed E-state index contributed by atoms with van der Waals surface area (Å²) in [5.41, 5.74) is 0.373. The molecule has 32 heavy (non-hydrogen) atoms. The van der Waals surface area contributed by atoms with Crippen LogP contribution in [0.5, 0.6) is 0 Å². The molecule has 2 aromatic rings. The van der Waals surface area contributed by atoms with Gasteiger partial charge in [0.15, 0.2) is 0 Å². The van der Waals surface area contributed by atoms with Crippen molar-refractivity contribution < 1.29 is 24.4 Å². The molecule has 2 rings (SSSR count). The van der Waals surface area contributed by atoms with Crippen molar-refractivity contribution in [2.45, 2.75) is 12.5 Å². The van der Waals surface area contributed by atoms with Gasteiger partial charge in [-0.15, -0.1) is 0 Å². The Labute approximate surface area is 196 Å². The first-order valence-electron chi connectivity index (χ1n) is 9.27. The number of halogens is 1. The average Bonchev–Trinajstić information content (AvgIpc) is 2.76. The largest absolute Gasteiger partial charge is 0.480 e. The monoisotopic (exact) mass is 521 g/mol. The lowest BCUT2D eigenvalue weighted by atomic mass is 10.1. The van der Waals surface area contributed by atoms with Gasteiger partial charge in [-0.3, -0.25) is 19.7 Å². The summed E-state index contributed by atoms with van der Waals surface area (Å²) in [6.45, 7) is 0. The molecule has 0 heterocycles. The molecule has 2 aromatic carbocycles. The van der Waals surface area contributed by atoms with Crippen molar-refractivity contribution in [3.8, 4) is 0 Å². The summed E-state index contributed by atoms with van der Waals surface area (Å²) in [6, 6.07) is 10.7. The van der Waals surface area contributed by atoms with E-state index in [1.54, 1.807) is 24.3 Å². The lowest BCUT2D eigenvalue weighted by Crippen LogP contribution is -2.44. The molecular weight excluding hydrogens is 502 g/mol. The summed E-state index contributed by atoms with van der Waals surface area (Å²) in [5, 5.41) is 25.2. The van der Waals surface area contributed by atoms with Crippen LogP contribution in [0.1, 0.15) is 22.3 Å². The topological polar surface area (TPSA) is 139 Å². The first kappa shape index (κ1) is 25.1. The van der Waals surface area contributed by atoms with Crippen molar-refractivity contribution in [1.82, 2.24) is 10.6 Å². The van der Waals surface area contributed by atoms with E-state index in [0.717, 1.165) is 4.47 Å². The predicted molar refractivity (Wildman–Crippen MR) is 125 cm³/mol. The van der Waals surface area contributed by atoms with Crippen LogP contribution in [0.4, 0.5) is 5.69 Å². The van der Waals surface area contributed by atoms with E-state index in [-0.39, 0.29) is 23.4 Å². The van der Waals surface area contributed by atoms with Gasteiger partial charge in [0, 0.05) is 22.2 Å². The number of nitrogens with zero attached hydrogens (tertiary/aromatic N) is 1. The maximum Gasteiger partial charge on any atom is 0.326 e. The third-order valence-electron chi connectivity index (χ3n) is 4.23. The zero-order chi connectivity index (χ0) is 23.7. The van der Waals surface area contributed by atoms with E-state index in [0.29, 0.717) is 11.3 Å². The number of carbonyl (C=O) groups excluding carboxylic acids is 2. The zero-order valence-electron chi connectivity index (χ0n) is 16.9. The van der Waals surface area contributed by atoms with Gasteiger partial charge in [-0.2, -0.15) is 11.8 Å². The molecular formula is C21H20BrN3O6S. The highest BCUT2D eigenvalue weighted by atomic mass is 79.9. The van der Waals surface area contributed by atoms with Crippen LogP contribution in [-0.2, 0) is 9.59 Å². The molecule has 0 aromatic heterocycles. The number of hydrogen-bond donors (Lipinski definition) is 3. The molecule has 0 saturated carbocycles. The Morgan fingerprint density at radius 2 is 1.78 bits per heavy atom. The summed E-state index contributed by atoms with van der Waals surface area (Å²) in [5.74, 6) is -2.04. The number of carboxylic acid groups (broad SMARTS) is 1. The minimum Gasteiger partial charge on any atom is -0.480 e. The van der Waals surface area contributed by atoms with Gasteiger partial charge in [0.25, 0.3) is 17.5 Å². The van der Waals surface area contributed by atoms with Crippen LogP contribution in [0.3, 0.4) is 0 Å². The predicted octanol–water partition coefficient (Wildman–Crippen LogP) is 3.45. The fraction of sp³-hybridized carbons (Fsp3) is 0.190. The van der Waals surface area contributed by atoms with Crippen LogP contribution in [-0.4, -0.2) is 45.9 Å². The fourth-order valence-electron chi connectivity index (χ4n) is 2.54. The third kappa shape index (κ3) is 7.50. The lowest BCUT2D eigenvalue weighted by molar-refractivity contribution is -0.384. The van der Waals surface area contributed by atoms with Gasteiger partial charge in [0.2, 0.25) is 0 Å². The molecule has 0 fully saturated rings. The van der Waals surface area contributed by atoms with Gasteiger partial charge < -0.3 is 15.7 Å². The highest BCUT2D eigenvalue weighted by Gasteiger charge is 2.23. The van der Waals surface area contributed by atoms with E-state index in [2.05, 4.69) is 26.6 Å². The number of benzene rings is 2. The van der Waals surface area contributed by atoms with Gasteiger partial charge in [0.05, 0.1) is 4.92 Å². The molecule has 0 aliphatic heterocycles. The normalized spacial score (nSPS) is 12.0. The maximum atomic E-state index is 12.8. The molecule has 2 amide bonds. The van der Waals surface area contributed by atoms with E-state index < -0.39 is 28.7 Å². The molecule has 0 saturated heterocycles. The average molecular weight is 522 g/mol. The van der Waals surface area contributed by atoms with Gasteiger partial charge in [-0.25, -0.2) is 4.79 Å². The number of rotatable bonds is 10. The Balaban J connectivity index is 2.32. The number of thioether (sulfide) groups is 1. The highest BCUT2D eigenvalue weighted by molar-refractivity contribution is 9.10. The third-order valence-corrected chi connectivity index (χ3v) is 5.40. The Kier molecular flexibility index (Phi) is 9.41. The second-order valence-electron chi connectivity index (χ2n) is 6.51. The second-order valence-corrected chi connectivity index (χ2v) is 8.41. The molecule has 0 aliphatic carbocycles. The van der Waals surface area contributed by atoms with Crippen molar-refractivity contribution in [1.29, 1.82) is 0 Å². The summed E-state index contributed by atoms with van der Waals surface area (Å²) < 4.78 is 0.770. The van der Waals surface area contributed by atoms with Crippen LogP contribution in [0.2, 0.25) is 0 Å². The SMILES string of the molecule is CSCC[C@@H](NC(=O)/C(=C\c1ccc([N+](=O)[O-])cc1)NC(=O)c1ccc(Br)cc1)C(=O)O. The van der Waals surface area contributed by atoms with Crippen LogP contribution in [0.15, 0.2) is 58.7 Å². The van der Waals surface area contributed by atoms with Crippen molar-refractivity contribution in [2.75, 3.05) is 12.0 Å². The number of amides is 2. The Hall–Kier alpha value is -3.18. The molecule has 0 bridgehead atoms. The molecule has 3 N–H and O–H groups in total. The van der Waals surface area contributed by atoms with E-state index in [9.17, 15) is 29.6 Å². The standard InChI is InChI=1S/C21H20BrN3O6S/c1-32-11-10-17(21(28)29)23-20(27)18(12-13-2-8-16(9-3-13)25(30)31)24-19(26)14-4-6-15(22)7-5-14/h2-9,12,17H,10-11H2,1H3,(H,23,27)(H,24,26)(H,28,29)/b18-12+/t17-/m1/s1. The zero-order valence-corrected chi connectivity index (χ0v) is 19.3.